The number of carbonyl (C=O) groups is 1. The summed E-state index contributed by atoms with van der Waals surface area (Å²) in [5.74, 6) is -0.263. The summed E-state index contributed by atoms with van der Waals surface area (Å²) in [5, 5.41) is 7.30. The minimum atomic E-state index is -3.86. The number of aromatic nitrogens is 1. The van der Waals surface area contributed by atoms with Gasteiger partial charge in [0, 0.05) is 19.0 Å². The lowest BCUT2D eigenvalue weighted by Crippen LogP contribution is -2.41. The van der Waals surface area contributed by atoms with E-state index in [1.807, 2.05) is 39.8 Å². The zero-order valence-electron chi connectivity index (χ0n) is 21.8. The van der Waals surface area contributed by atoms with Crippen LogP contribution in [0.2, 0.25) is 5.02 Å². The number of rotatable bonds is 6. The summed E-state index contributed by atoms with van der Waals surface area (Å²) in [5.41, 5.74) is 6.26. The number of piperidine rings is 1. The van der Waals surface area contributed by atoms with Crippen LogP contribution in [0.4, 0.5) is 5.69 Å². The number of sulfonamides is 1. The largest absolute Gasteiger partial charge is 0.355 e. The Morgan fingerprint density at radius 2 is 1.68 bits per heavy atom. The van der Waals surface area contributed by atoms with Gasteiger partial charge in [-0.15, -0.1) is 0 Å². The zero-order valence-corrected chi connectivity index (χ0v) is 23.3. The second kappa shape index (κ2) is 10.8. The Balaban J connectivity index is 1.48. The summed E-state index contributed by atoms with van der Waals surface area (Å²) < 4.78 is 34.0. The first-order chi connectivity index (χ1) is 17.5. The van der Waals surface area contributed by atoms with Gasteiger partial charge in [0.15, 0.2) is 10.7 Å². The first kappa shape index (κ1) is 27.1. The van der Waals surface area contributed by atoms with Gasteiger partial charge in [-0.25, -0.2) is 8.42 Å². The van der Waals surface area contributed by atoms with Crippen molar-refractivity contribution in [2.24, 2.45) is 5.92 Å². The zero-order chi connectivity index (χ0) is 26.9. The highest BCUT2D eigenvalue weighted by Gasteiger charge is 2.36. The topological polar surface area (TPSA) is 92.5 Å². The number of carbonyl (C=O) groups excluding carboxylic acids is 1. The van der Waals surface area contributed by atoms with Crippen LogP contribution >= 0.6 is 11.6 Å². The van der Waals surface area contributed by atoms with Crippen LogP contribution in [0.5, 0.6) is 0 Å². The molecule has 4 rings (SSSR count). The van der Waals surface area contributed by atoms with Gasteiger partial charge < -0.3 is 9.84 Å². The molecule has 0 bridgehead atoms. The molecule has 9 heteroatoms. The predicted molar refractivity (Wildman–Crippen MR) is 147 cm³/mol. The molecule has 37 heavy (non-hydrogen) atoms. The Labute approximate surface area is 223 Å². The van der Waals surface area contributed by atoms with Crippen molar-refractivity contribution in [3.63, 3.8) is 0 Å². The first-order valence-electron chi connectivity index (χ1n) is 12.3. The Morgan fingerprint density at radius 3 is 2.30 bits per heavy atom. The van der Waals surface area contributed by atoms with E-state index in [9.17, 15) is 13.2 Å². The van der Waals surface area contributed by atoms with Gasteiger partial charge in [0.05, 0.1) is 10.7 Å². The maximum Gasteiger partial charge on any atom is 0.248 e. The maximum atomic E-state index is 13.6. The number of hydrogen-bond donors (Lipinski definition) is 1. The molecule has 0 radical (unpaired) electrons. The van der Waals surface area contributed by atoms with Gasteiger partial charge in [0.25, 0.3) is 0 Å². The van der Waals surface area contributed by atoms with Crippen LogP contribution < -0.4 is 5.32 Å². The molecule has 2 aromatic carbocycles. The van der Waals surface area contributed by atoms with Gasteiger partial charge in [0.2, 0.25) is 15.9 Å². The molecule has 0 unspecified atom stereocenters. The number of anilines is 1. The molecule has 1 fully saturated rings. The van der Waals surface area contributed by atoms with E-state index in [0.29, 0.717) is 29.2 Å². The van der Waals surface area contributed by atoms with E-state index in [1.165, 1.54) is 9.87 Å². The van der Waals surface area contributed by atoms with Crippen molar-refractivity contribution in [3.05, 3.63) is 74.6 Å². The lowest BCUT2D eigenvalue weighted by Gasteiger charge is -2.30. The number of halogens is 1. The fraction of sp³-hybridized carbons (Fsp3) is 0.357. The lowest BCUT2D eigenvalue weighted by atomic mass is 9.97. The first-order valence-corrected chi connectivity index (χ1v) is 14.1. The van der Waals surface area contributed by atoms with Crippen molar-refractivity contribution >= 4 is 45.4 Å². The number of amides is 1. The highest BCUT2D eigenvalue weighted by molar-refractivity contribution is 7.89. The smallest absolute Gasteiger partial charge is 0.248 e. The lowest BCUT2D eigenvalue weighted by molar-refractivity contribution is -0.120. The molecule has 3 aromatic rings. The van der Waals surface area contributed by atoms with E-state index in [0.717, 1.165) is 22.3 Å². The second-order valence-corrected chi connectivity index (χ2v) is 12.0. The Kier molecular flexibility index (Phi) is 7.92. The fourth-order valence-electron chi connectivity index (χ4n) is 4.86. The highest BCUT2D eigenvalue weighted by Crippen LogP contribution is 2.31. The van der Waals surface area contributed by atoms with Crippen molar-refractivity contribution < 1.29 is 17.7 Å². The molecule has 1 aromatic heterocycles. The molecule has 1 aliphatic heterocycles. The van der Waals surface area contributed by atoms with Crippen LogP contribution in [0.25, 0.3) is 12.2 Å². The van der Waals surface area contributed by atoms with Crippen LogP contribution in [-0.4, -0.2) is 36.9 Å². The molecule has 0 saturated carbocycles. The third kappa shape index (κ3) is 5.81. The van der Waals surface area contributed by atoms with E-state index in [4.69, 9.17) is 16.1 Å². The van der Waals surface area contributed by atoms with Crippen LogP contribution in [0.15, 0.2) is 39.8 Å². The van der Waals surface area contributed by atoms with Crippen LogP contribution in [0.1, 0.15) is 52.1 Å². The molecule has 0 spiro atoms. The summed E-state index contributed by atoms with van der Waals surface area (Å²) in [4.78, 5) is 12.9. The van der Waals surface area contributed by atoms with Crippen molar-refractivity contribution in [3.8, 4) is 0 Å². The molecule has 7 nitrogen and oxygen atoms in total. The van der Waals surface area contributed by atoms with E-state index in [1.54, 1.807) is 25.1 Å². The molecule has 1 amide bonds. The summed E-state index contributed by atoms with van der Waals surface area (Å²) in [6.45, 7) is 10.1. The summed E-state index contributed by atoms with van der Waals surface area (Å²) in [6, 6.07) is 9.62. The average molecular weight is 542 g/mol. The van der Waals surface area contributed by atoms with Gasteiger partial charge in [0.1, 0.15) is 5.69 Å². The third-order valence-corrected chi connectivity index (χ3v) is 9.15. The van der Waals surface area contributed by atoms with E-state index >= 15 is 0 Å². The number of nitrogens with zero attached hydrogens (tertiary/aromatic N) is 2. The summed E-state index contributed by atoms with van der Waals surface area (Å²) in [7, 11) is -3.86. The highest BCUT2D eigenvalue weighted by atomic mass is 35.5. The minimum Gasteiger partial charge on any atom is -0.355 e. The summed E-state index contributed by atoms with van der Waals surface area (Å²) >= 11 is 6.25. The number of hydrogen-bond acceptors (Lipinski definition) is 5. The van der Waals surface area contributed by atoms with Crippen molar-refractivity contribution in [2.75, 3.05) is 18.4 Å². The average Bonchev–Trinajstić information content (AvgIpc) is 3.21. The number of aryl methyl sites for hydroxylation is 5. The van der Waals surface area contributed by atoms with Crippen LogP contribution in [-0.2, 0) is 14.8 Å². The maximum absolute atomic E-state index is 13.6. The molecule has 2 heterocycles. The van der Waals surface area contributed by atoms with Crippen molar-refractivity contribution in [1.82, 2.24) is 9.46 Å². The van der Waals surface area contributed by atoms with Gasteiger partial charge in [-0.3, -0.25) is 4.79 Å². The van der Waals surface area contributed by atoms with Gasteiger partial charge in [-0.05, 0) is 87.9 Å². The van der Waals surface area contributed by atoms with Crippen LogP contribution in [0.3, 0.4) is 0 Å². The molecule has 1 N–H and O–H groups in total. The summed E-state index contributed by atoms with van der Waals surface area (Å²) in [6.07, 6.45) is 4.36. The quantitative estimate of drug-likeness (QED) is 0.408. The SMILES string of the molecule is Cc1cc(C)c(C=Cc2onc(C)c2S(=O)(=O)N2CCC(C(=O)Nc3ccc(C)cc3Cl)CC2)c(C)c1. The van der Waals surface area contributed by atoms with Gasteiger partial charge in [-0.2, -0.15) is 4.31 Å². The normalized spacial score (nSPS) is 15.4. The van der Waals surface area contributed by atoms with E-state index < -0.39 is 10.0 Å². The van der Waals surface area contributed by atoms with Crippen molar-refractivity contribution in [1.29, 1.82) is 0 Å². The molecule has 1 saturated heterocycles. The standard InChI is InChI=1S/C28H32ClN3O4S/c1-17-6-8-25(24(29)16-17)30-28(33)22-10-12-32(13-11-22)37(34,35)27-21(5)31-36-26(27)9-7-23-19(3)14-18(2)15-20(23)4/h6-9,14-16,22H,10-13H2,1-5H3,(H,30,33). The molecular weight excluding hydrogens is 510 g/mol. The molecule has 0 atom stereocenters. The molecule has 196 valence electrons. The van der Waals surface area contributed by atoms with Gasteiger partial charge in [-0.1, -0.05) is 46.6 Å². The monoisotopic (exact) mass is 541 g/mol. The van der Waals surface area contributed by atoms with E-state index in [2.05, 4.69) is 22.6 Å². The van der Waals surface area contributed by atoms with Crippen molar-refractivity contribution in [2.45, 2.75) is 52.4 Å². The fourth-order valence-corrected chi connectivity index (χ4v) is 6.86. The minimum absolute atomic E-state index is 0.0699. The molecule has 1 aliphatic rings. The predicted octanol–water partition coefficient (Wildman–Crippen LogP) is 6.08. The number of nitrogens with one attached hydrogen (secondary N) is 1. The van der Waals surface area contributed by atoms with E-state index in [-0.39, 0.29) is 35.6 Å². The Bertz CT molecular complexity index is 1450. The van der Waals surface area contributed by atoms with Gasteiger partial charge >= 0.3 is 0 Å². The molecule has 0 aliphatic carbocycles. The Morgan fingerprint density at radius 1 is 1.03 bits per heavy atom. The second-order valence-electron chi connectivity index (χ2n) is 9.76. The third-order valence-electron chi connectivity index (χ3n) is 6.78. The molecular formula is C28H32ClN3O4S. The Hall–Kier alpha value is -2.94. The van der Waals surface area contributed by atoms with Crippen LogP contribution in [0, 0.1) is 40.5 Å². The number of benzene rings is 2.